The molecule has 19 heavy (non-hydrogen) atoms. The Kier molecular flexibility index (Phi) is 4.77. The van der Waals surface area contributed by atoms with Crippen LogP contribution in [0.25, 0.3) is 0 Å². The van der Waals surface area contributed by atoms with Gasteiger partial charge < -0.3 is 15.2 Å². The number of alkyl halides is 3. The molecule has 0 aliphatic heterocycles. The van der Waals surface area contributed by atoms with Crippen LogP contribution in [-0.2, 0) is 6.18 Å². The number of hydrogen-bond donors (Lipinski definition) is 1. The summed E-state index contributed by atoms with van der Waals surface area (Å²) in [5.74, 6) is -1.09. The first kappa shape index (κ1) is 15.3. The van der Waals surface area contributed by atoms with E-state index in [9.17, 15) is 18.0 Å². The van der Waals surface area contributed by atoms with Gasteiger partial charge in [0, 0.05) is 6.42 Å². The lowest BCUT2D eigenvalue weighted by molar-refractivity contribution is -0.138. The highest BCUT2D eigenvalue weighted by atomic mass is 19.4. The molecule has 0 radical (unpaired) electrons. The highest BCUT2D eigenvalue weighted by Gasteiger charge is 2.37. The second-order valence-electron chi connectivity index (χ2n) is 3.72. The molecule has 0 atom stereocenters. The fraction of sp³-hybridized carbons (Fsp3) is 0.417. The summed E-state index contributed by atoms with van der Waals surface area (Å²) in [5.41, 5.74) is 4.01. The molecule has 0 fully saturated rings. The minimum absolute atomic E-state index is 0.0422. The molecular formula is C12H14F3NO3. The molecule has 1 aromatic carbocycles. The summed E-state index contributed by atoms with van der Waals surface area (Å²) in [6.45, 7) is 0.0422. The highest BCUT2D eigenvalue weighted by Crippen LogP contribution is 2.41. The van der Waals surface area contributed by atoms with E-state index in [1.54, 1.807) is 0 Å². The first-order valence-electron chi connectivity index (χ1n) is 5.41. The maximum atomic E-state index is 12.9. The number of ether oxygens (including phenoxy) is 2. The maximum Gasteiger partial charge on any atom is 0.420 e. The molecule has 0 saturated carbocycles. The number of halogens is 3. The van der Waals surface area contributed by atoms with Crippen LogP contribution in [0.15, 0.2) is 12.1 Å². The average molecular weight is 277 g/mol. The number of benzene rings is 1. The Hall–Kier alpha value is -1.76. The van der Waals surface area contributed by atoms with Gasteiger partial charge in [-0.3, -0.25) is 4.79 Å². The Balaban J connectivity index is 3.48. The number of rotatable bonds is 5. The Morgan fingerprint density at radius 1 is 1.26 bits per heavy atom. The van der Waals surface area contributed by atoms with E-state index < -0.39 is 23.3 Å². The number of carbonyl (C=O) groups excluding carboxylic acids is 1. The van der Waals surface area contributed by atoms with Crippen LogP contribution < -0.4 is 15.2 Å². The lowest BCUT2D eigenvalue weighted by Gasteiger charge is -2.16. The van der Waals surface area contributed by atoms with E-state index in [1.165, 1.54) is 13.2 Å². The van der Waals surface area contributed by atoms with E-state index in [0.29, 0.717) is 0 Å². The molecule has 1 rings (SSSR count). The van der Waals surface area contributed by atoms with Gasteiger partial charge in [0.1, 0.15) is 17.1 Å². The lowest BCUT2D eigenvalue weighted by Crippen LogP contribution is -2.14. The molecule has 0 bridgehead atoms. The minimum Gasteiger partial charge on any atom is -0.497 e. The summed E-state index contributed by atoms with van der Waals surface area (Å²) in [4.78, 5) is 11.8. The number of hydrogen-bond acceptors (Lipinski definition) is 4. The summed E-state index contributed by atoms with van der Waals surface area (Å²) in [6, 6.07) is 2.00. The van der Waals surface area contributed by atoms with Gasteiger partial charge in [0.05, 0.1) is 19.8 Å². The fourth-order valence-electron chi connectivity index (χ4n) is 1.62. The van der Waals surface area contributed by atoms with Crippen LogP contribution in [0.2, 0.25) is 0 Å². The van der Waals surface area contributed by atoms with E-state index in [2.05, 4.69) is 0 Å². The molecule has 106 valence electrons. The Bertz CT molecular complexity index is 472. The van der Waals surface area contributed by atoms with Crippen molar-refractivity contribution in [2.24, 2.45) is 5.73 Å². The standard InChI is InChI=1S/C12H14F3NO3/c1-18-7-5-8(10(17)3-4-16)11(19-2)9(6-7)12(13,14)15/h5-6H,3-4,16H2,1-2H3. The van der Waals surface area contributed by atoms with E-state index in [4.69, 9.17) is 15.2 Å². The van der Waals surface area contributed by atoms with Gasteiger partial charge >= 0.3 is 6.18 Å². The van der Waals surface area contributed by atoms with Gasteiger partial charge in [0.25, 0.3) is 0 Å². The second kappa shape index (κ2) is 5.92. The van der Waals surface area contributed by atoms with Gasteiger partial charge in [-0.05, 0) is 18.7 Å². The van der Waals surface area contributed by atoms with Gasteiger partial charge in [-0.25, -0.2) is 0 Å². The number of methoxy groups -OCH3 is 2. The minimum atomic E-state index is -4.64. The summed E-state index contributed by atoms with van der Waals surface area (Å²) in [6.07, 6.45) is -4.71. The molecule has 0 aromatic heterocycles. The average Bonchev–Trinajstić information content (AvgIpc) is 2.36. The number of carbonyl (C=O) groups is 1. The van der Waals surface area contributed by atoms with Gasteiger partial charge in [-0.15, -0.1) is 0 Å². The van der Waals surface area contributed by atoms with E-state index in [0.717, 1.165) is 13.2 Å². The highest BCUT2D eigenvalue weighted by molar-refractivity contribution is 5.99. The predicted molar refractivity (Wildman–Crippen MR) is 62.5 cm³/mol. The molecule has 0 aliphatic rings. The summed E-state index contributed by atoms with van der Waals surface area (Å²) >= 11 is 0. The predicted octanol–water partition coefficient (Wildman–Crippen LogP) is 2.25. The molecule has 0 amide bonds. The topological polar surface area (TPSA) is 61.5 Å². The van der Waals surface area contributed by atoms with Gasteiger partial charge in [0.2, 0.25) is 0 Å². The largest absolute Gasteiger partial charge is 0.497 e. The molecule has 1 aromatic rings. The van der Waals surface area contributed by atoms with Crippen molar-refractivity contribution in [3.63, 3.8) is 0 Å². The quantitative estimate of drug-likeness (QED) is 0.838. The van der Waals surface area contributed by atoms with Crippen molar-refractivity contribution in [2.75, 3.05) is 20.8 Å². The van der Waals surface area contributed by atoms with Crippen molar-refractivity contribution in [3.05, 3.63) is 23.3 Å². The van der Waals surface area contributed by atoms with Crippen LogP contribution >= 0.6 is 0 Å². The SMILES string of the molecule is COc1cc(C(=O)CCN)c(OC)c(C(F)(F)F)c1. The van der Waals surface area contributed by atoms with Gasteiger partial charge in [-0.2, -0.15) is 13.2 Å². The third-order valence-corrected chi connectivity index (χ3v) is 2.48. The molecule has 0 heterocycles. The Labute approximate surface area is 108 Å². The fourth-order valence-corrected chi connectivity index (χ4v) is 1.62. The van der Waals surface area contributed by atoms with Crippen LogP contribution in [0.4, 0.5) is 13.2 Å². The third kappa shape index (κ3) is 3.37. The first-order valence-corrected chi connectivity index (χ1v) is 5.41. The number of ketones is 1. The van der Waals surface area contributed by atoms with Crippen LogP contribution in [0.1, 0.15) is 22.3 Å². The molecule has 4 nitrogen and oxygen atoms in total. The maximum absolute atomic E-state index is 12.9. The lowest BCUT2D eigenvalue weighted by atomic mass is 10.0. The molecule has 0 unspecified atom stereocenters. The van der Waals surface area contributed by atoms with Crippen molar-refractivity contribution in [2.45, 2.75) is 12.6 Å². The van der Waals surface area contributed by atoms with E-state index in [-0.39, 0.29) is 24.3 Å². The van der Waals surface area contributed by atoms with Crippen LogP contribution in [0.5, 0.6) is 11.5 Å². The summed E-state index contributed by atoms with van der Waals surface area (Å²) in [5, 5.41) is 0. The molecule has 2 N–H and O–H groups in total. The van der Waals surface area contributed by atoms with Gasteiger partial charge in [0.15, 0.2) is 5.78 Å². The molecule has 0 spiro atoms. The van der Waals surface area contributed by atoms with E-state index >= 15 is 0 Å². The Morgan fingerprint density at radius 3 is 2.32 bits per heavy atom. The van der Waals surface area contributed by atoms with Crippen LogP contribution in [0.3, 0.4) is 0 Å². The van der Waals surface area contributed by atoms with Crippen molar-refractivity contribution in [1.82, 2.24) is 0 Å². The smallest absolute Gasteiger partial charge is 0.420 e. The van der Waals surface area contributed by atoms with Crippen LogP contribution in [-0.4, -0.2) is 26.5 Å². The third-order valence-electron chi connectivity index (χ3n) is 2.48. The van der Waals surface area contributed by atoms with Crippen LogP contribution in [0, 0.1) is 0 Å². The monoisotopic (exact) mass is 277 g/mol. The number of nitrogens with two attached hydrogens (primary N) is 1. The van der Waals surface area contributed by atoms with Crippen molar-refractivity contribution in [3.8, 4) is 11.5 Å². The summed E-state index contributed by atoms with van der Waals surface area (Å²) < 4.78 is 48.2. The van der Waals surface area contributed by atoms with Crippen molar-refractivity contribution < 1.29 is 27.4 Å². The van der Waals surface area contributed by atoms with Crippen molar-refractivity contribution in [1.29, 1.82) is 0 Å². The van der Waals surface area contributed by atoms with Gasteiger partial charge in [-0.1, -0.05) is 0 Å². The zero-order chi connectivity index (χ0) is 14.6. The molecule has 0 saturated heterocycles. The molecule has 7 heteroatoms. The van der Waals surface area contributed by atoms with E-state index in [1.807, 2.05) is 0 Å². The second-order valence-corrected chi connectivity index (χ2v) is 3.72. The Morgan fingerprint density at radius 2 is 1.89 bits per heavy atom. The normalized spacial score (nSPS) is 11.3. The molecular weight excluding hydrogens is 263 g/mol. The molecule has 0 aliphatic carbocycles. The zero-order valence-electron chi connectivity index (χ0n) is 10.5. The van der Waals surface area contributed by atoms with Crippen molar-refractivity contribution >= 4 is 5.78 Å². The number of Topliss-reactive ketones (excluding diaryl/α,β-unsaturated/α-hetero) is 1. The summed E-state index contributed by atoms with van der Waals surface area (Å²) in [7, 11) is 2.30. The zero-order valence-corrected chi connectivity index (χ0v) is 10.5. The first-order chi connectivity index (χ1) is 8.85.